The van der Waals surface area contributed by atoms with E-state index in [-0.39, 0.29) is 18.0 Å². The van der Waals surface area contributed by atoms with Gasteiger partial charge >= 0.3 is 0 Å². The molecule has 3 aromatic rings. The first-order valence-corrected chi connectivity index (χ1v) is 11.1. The van der Waals surface area contributed by atoms with Crippen LogP contribution in [0.15, 0.2) is 70.7 Å². The van der Waals surface area contributed by atoms with E-state index in [1.165, 1.54) is 12.1 Å². The number of anilines is 1. The van der Waals surface area contributed by atoms with Gasteiger partial charge in [-0.1, -0.05) is 57.9 Å². The number of nitriles is 1. The maximum atomic E-state index is 13.9. The van der Waals surface area contributed by atoms with Crippen LogP contribution >= 0.6 is 27.5 Å². The van der Waals surface area contributed by atoms with Crippen LogP contribution in [0.25, 0.3) is 6.08 Å². The van der Waals surface area contributed by atoms with Crippen molar-refractivity contribution in [1.82, 2.24) is 0 Å². The molecule has 0 bridgehead atoms. The largest absolute Gasteiger partial charge is 0.490 e. The van der Waals surface area contributed by atoms with Gasteiger partial charge in [0, 0.05) is 10.0 Å². The number of nitrogens with zero attached hydrogens (tertiary/aromatic N) is 1. The van der Waals surface area contributed by atoms with Crippen LogP contribution in [0.5, 0.6) is 11.5 Å². The number of nitrogens with one attached hydrogen (secondary N) is 1. The van der Waals surface area contributed by atoms with E-state index in [0.29, 0.717) is 44.4 Å². The summed E-state index contributed by atoms with van der Waals surface area (Å²) in [7, 11) is 0. The molecule has 0 unspecified atom stereocenters. The van der Waals surface area contributed by atoms with E-state index in [2.05, 4.69) is 21.2 Å². The van der Waals surface area contributed by atoms with Crippen LogP contribution in [0, 0.1) is 17.1 Å². The summed E-state index contributed by atoms with van der Waals surface area (Å²) in [5.41, 5.74) is 1.21. The van der Waals surface area contributed by atoms with Gasteiger partial charge in [-0.25, -0.2) is 4.39 Å². The second-order valence-corrected chi connectivity index (χ2v) is 8.00. The SMILES string of the molecule is CCOc1cc(/C=C(\C#N)C(=O)Nc2ccccc2Cl)c(Br)cc1OCc1ccccc1F. The highest BCUT2D eigenvalue weighted by molar-refractivity contribution is 9.10. The van der Waals surface area contributed by atoms with E-state index < -0.39 is 5.91 Å². The van der Waals surface area contributed by atoms with Crippen molar-refractivity contribution in [3.05, 3.63) is 92.7 Å². The highest BCUT2D eigenvalue weighted by Gasteiger charge is 2.15. The molecule has 0 aliphatic rings. The Labute approximate surface area is 204 Å². The number of ether oxygens (including phenoxy) is 2. The van der Waals surface area contributed by atoms with Crippen LogP contribution in [0.3, 0.4) is 0 Å². The van der Waals surface area contributed by atoms with E-state index in [1.807, 2.05) is 13.0 Å². The number of amides is 1. The zero-order valence-electron chi connectivity index (χ0n) is 17.6. The van der Waals surface area contributed by atoms with Gasteiger partial charge in [0.05, 0.1) is 17.3 Å². The first-order chi connectivity index (χ1) is 15.9. The molecule has 0 radical (unpaired) electrons. The molecule has 0 heterocycles. The maximum absolute atomic E-state index is 13.9. The molecule has 0 aliphatic heterocycles. The standard InChI is InChI=1S/C25H19BrClFN2O3/c1-2-32-23-12-17(11-18(14-29)25(31)30-22-10-6-4-8-20(22)27)19(26)13-24(23)33-15-16-7-3-5-9-21(16)28/h3-13H,2,15H2,1H3,(H,30,31)/b18-11+. The third kappa shape index (κ3) is 6.35. The van der Waals surface area contributed by atoms with E-state index in [0.717, 1.165) is 0 Å². The average Bonchev–Trinajstić information content (AvgIpc) is 2.80. The summed E-state index contributed by atoms with van der Waals surface area (Å²) in [5, 5.41) is 12.5. The Bertz CT molecular complexity index is 1240. The molecule has 8 heteroatoms. The van der Waals surface area contributed by atoms with E-state index >= 15 is 0 Å². The van der Waals surface area contributed by atoms with Crippen LogP contribution in [0.1, 0.15) is 18.1 Å². The first kappa shape index (κ1) is 24.3. The van der Waals surface area contributed by atoms with Crippen molar-refractivity contribution in [2.24, 2.45) is 0 Å². The molecule has 1 amide bonds. The Morgan fingerprint density at radius 3 is 2.55 bits per heavy atom. The molecule has 0 aromatic heterocycles. The van der Waals surface area contributed by atoms with Crippen LogP contribution in [0.4, 0.5) is 10.1 Å². The molecule has 5 nitrogen and oxygen atoms in total. The average molecular weight is 530 g/mol. The summed E-state index contributed by atoms with van der Waals surface area (Å²) in [5.74, 6) is -0.178. The van der Waals surface area contributed by atoms with Gasteiger partial charge in [0.1, 0.15) is 24.1 Å². The fourth-order valence-corrected chi connectivity index (χ4v) is 3.49. The van der Waals surface area contributed by atoms with Crippen molar-refractivity contribution in [1.29, 1.82) is 5.26 Å². The highest BCUT2D eigenvalue weighted by Crippen LogP contribution is 2.35. The lowest BCUT2D eigenvalue weighted by atomic mass is 10.1. The number of rotatable bonds is 8. The predicted octanol–water partition coefficient (Wildman–Crippen LogP) is 6.76. The van der Waals surface area contributed by atoms with Crippen LogP contribution in [0.2, 0.25) is 5.02 Å². The zero-order chi connectivity index (χ0) is 23.8. The smallest absolute Gasteiger partial charge is 0.266 e. The van der Waals surface area contributed by atoms with Gasteiger partial charge < -0.3 is 14.8 Å². The third-order valence-electron chi connectivity index (χ3n) is 4.49. The second-order valence-electron chi connectivity index (χ2n) is 6.74. The van der Waals surface area contributed by atoms with Gasteiger partial charge in [-0.2, -0.15) is 5.26 Å². The van der Waals surface area contributed by atoms with Crippen molar-refractivity contribution in [2.45, 2.75) is 13.5 Å². The number of para-hydroxylation sites is 1. The lowest BCUT2D eigenvalue weighted by molar-refractivity contribution is -0.112. The Morgan fingerprint density at radius 1 is 1.15 bits per heavy atom. The summed E-state index contributed by atoms with van der Waals surface area (Å²) in [6, 6.07) is 18.3. The summed E-state index contributed by atoms with van der Waals surface area (Å²) < 4.78 is 25.9. The molecule has 0 atom stereocenters. The molecule has 0 aliphatic carbocycles. The fourth-order valence-electron chi connectivity index (χ4n) is 2.87. The predicted molar refractivity (Wildman–Crippen MR) is 130 cm³/mol. The Morgan fingerprint density at radius 2 is 1.85 bits per heavy atom. The lowest BCUT2D eigenvalue weighted by Gasteiger charge is -2.14. The van der Waals surface area contributed by atoms with Crippen molar-refractivity contribution in [3.63, 3.8) is 0 Å². The minimum atomic E-state index is -0.602. The molecule has 0 fully saturated rings. The summed E-state index contributed by atoms with van der Waals surface area (Å²) >= 11 is 9.52. The summed E-state index contributed by atoms with van der Waals surface area (Å²) in [6.07, 6.45) is 1.43. The van der Waals surface area contributed by atoms with Crippen molar-refractivity contribution in [3.8, 4) is 17.6 Å². The number of halogens is 3. The quantitative estimate of drug-likeness (QED) is 0.258. The molecule has 33 heavy (non-hydrogen) atoms. The molecular formula is C25H19BrClFN2O3. The zero-order valence-corrected chi connectivity index (χ0v) is 19.9. The minimum Gasteiger partial charge on any atom is -0.490 e. The van der Waals surface area contributed by atoms with Crippen LogP contribution in [-0.4, -0.2) is 12.5 Å². The second kappa shape index (κ2) is 11.5. The first-order valence-electron chi connectivity index (χ1n) is 9.93. The molecule has 0 saturated carbocycles. The van der Waals surface area contributed by atoms with Gasteiger partial charge in [0.25, 0.3) is 5.91 Å². The number of hydrogen-bond donors (Lipinski definition) is 1. The Hall–Kier alpha value is -3.34. The topological polar surface area (TPSA) is 71.3 Å². The van der Waals surface area contributed by atoms with Gasteiger partial charge in [0.2, 0.25) is 0 Å². The molecule has 1 N–H and O–H groups in total. The van der Waals surface area contributed by atoms with Crippen molar-refractivity contribution in [2.75, 3.05) is 11.9 Å². The molecule has 0 spiro atoms. The van der Waals surface area contributed by atoms with Crippen molar-refractivity contribution < 1.29 is 18.7 Å². The number of hydrogen-bond acceptors (Lipinski definition) is 4. The Kier molecular flexibility index (Phi) is 8.47. The molecule has 3 aromatic carbocycles. The Balaban J connectivity index is 1.87. The van der Waals surface area contributed by atoms with Gasteiger partial charge in [0.15, 0.2) is 11.5 Å². The molecule has 168 valence electrons. The monoisotopic (exact) mass is 528 g/mol. The number of carbonyl (C=O) groups excluding carboxylic acids is 1. The lowest BCUT2D eigenvalue weighted by Crippen LogP contribution is -2.13. The van der Waals surface area contributed by atoms with Crippen LogP contribution in [-0.2, 0) is 11.4 Å². The highest BCUT2D eigenvalue weighted by atomic mass is 79.9. The minimum absolute atomic E-state index is 0.0120. The fraction of sp³-hybridized carbons (Fsp3) is 0.120. The van der Waals surface area contributed by atoms with E-state index in [4.69, 9.17) is 21.1 Å². The van der Waals surface area contributed by atoms with Gasteiger partial charge in [-0.15, -0.1) is 0 Å². The molecule has 3 rings (SSSR count). The third-order valence-corrected chi connectivity index (χ3v) is 5.51. The maximum Gasteiger partial charge on any atom is 0.266 e. The normalized spacial score (nSPS) is 10.9. The van der Waals surface area contributed by atoms with E-state index in [9.17, 15) is 14.4 Å². The summed E-state index contributed by atoms with van der Waals surface area (Å²) in [6.45, 7) is 2.19. The molecular weight excluding hydrogens is 511 g/mol. The molecule has 0 saturated heterocycles. The van der Waals surface area contributed by atoms with Gasteiger partial charge in [-0.05, 0) is 48.9 Å². The van der Waals surface area contributed by atoms with Crippen LogP contribution < -0.4 is 14.8 Å². The number of carbonyl (C=O) groups is 1. The number of benzene rings is 3. The van der Waals surface area contributed by atoms with Gasteiger partial charge in [-0.3, -0.25) is 4.79 Å². The van der Waals surface area contributed by atoms with E-state index in [1.54, 1.807) is 54.6 Å². The van der Waals surface area contributed by atoms with Crippen molar-refractivity contribution >= 4 is 45.2 Å². The summed E-state index contributed by atoms with van der Waals surface area (Å²) in [4.78, 5) is 12.6.